The highest BCUT2D eigenvalue weighted by Gasteiger charge is 2.24. The van der Waals surface area contributed by atoms with Crippen LogP contribution >= 0.6 is 0 Å². The summed E-state index contributed by atoms with van der Waals surface area (Å²) in [5.41, 5.74) is 3.85. The lowest BCUT2D eigenvalue weighted by Crippen LogP contribution is -2.34. The number of hydrogen-bond donors (Lipinski definition) is 1. The number of hydrogen-bond acceptors (Lipinski definition) is 2. The maximum absolute atomic E-state index is 13.3. The third kappa shape index (κ3) is 3.30. The van der Waals surface area contributed by atoms with Gasteiger partial charge in [-0.25, -0.2) is 0 Å². The van der Waals surface area contributed by atoms with Crippen LogP contribution in [-0.2, 0) is 13.1 Å². The van der Waals surface area contributed by atoms with Crippen LogP contribution < -0.4 is 0 Å². The van der Waals surface area contributed by atoms with Gasteiger partial charge in [0.1, 0.15) is 5.69 Å². The zero-order valence-corrected chi connectivity index (χ0v) is 14.8. The first-order valence-corrected chi connectivity index (χ1v) is 8.69. The van der Waals surface area contributed by atoms with E-state index in [-0.39, 0.29) is 12.5 Å². The Morgan fingerprint density at radius 1 is 1.08 bits per heavy atom. The monoisotopic (exact) mass is 336 g/mol. The van der Waals surface area contributed by atoms with E-state index >= 15 is 0 Å². The summed E-state index contributed by atoms with van der Waals surface area (Å²) in [4.78, 5) is 15.0. The molecule has 0 radical (unpaired) electrons. The summed E-state index contributed by atoms with van der Waals surface area (Å²) in [6, 6.07) is 18.0. The van der Waals surface area contributed by atoms with Gasteiger partial charge in [-0.2, -0.15) is 0 Å². The first-order valence-electron chi connectivity index (χ1n) is 8.69. The van der Waals surface area contributed by atoms with Gasteiger partial charge in [-0.05, 0) is 31.0 Å². The lowest BCUT2D eigenvalue weighted by atomic mass is 10.1. The van der Waals surface area contributed by atoms with Gasteiger partial charge in [-0.3, -0.25) is 4.79 Å². The predicted molar refractivity (Wildman–Crippen MR) is 101 cm³/mol. The minimum Gasteiger partial charge on any atom is -0.395 e. The maximum Gasteiger partial charge on any atom is 0.271 e. The van der Waals surface area contributed by atoms with Crippen molar-refractivity contribution in [3.63, 3.8) is 0 Å². The minimum absolute atomic E-state index is 0.0338. The molecule has 0 atom stereocenters. The Morgan fingerprint density at radius 3 is 2.44 bits per heavy atom. The molecule has 2 aromatic carbocycles. The number of rotatable bonds is 6. The Morgan fingerprint density at radius 2 is 1.76 bits per heavy atom. The fourth-order valence-corrected chi connectivity index (χ4v) is 3.41. The molecular formula is C21H24N2O2. The van der Waals surface area contributed by atoms with Gasteiger partial charge in [0.2, 0.25) is 0 Å². The molecule has 1 heterocycles. The van der Waals surface area contributed by atoms with Crippen molar-refractivity contribution in [1.29, 1.82) is 0 Å². The molecule has 0 aliphatic rings. The molecule has 3 rings (SSSR count). The average molecular weight is 336 g/mol. The van der Waals surface area contributed by atoms with Gasteiger partial charge in [0, 0.05) is 30.5 Å². The fourth-order valence-electron chi connectivity index (χ4n) is 3.41. The standard InChI is InChI=1S/C21H24N2O2/c1-3-23-19-12-8-7-11-18(19)16(2)20(23)21(25)22(13-14-24)15-17-9-5-4-6-10-17/h4-12,24H,3,13-15H2,1-2H3. The number of carbonyl (C=O) groups is 1. The second-order valence-corrected chi connectivity index (χ2v) is 6.17. The quantitative estimate of drug-likeness (QED) is 0.747. The molecule has 3 aromatic rings. The van der Waals surface area contributed by atoms with Crippen LogP contribution in [0.15, 0.2) is 54.6 Å². The van der Waals surface area contributed by atoms with Crippen molar-refractivity contribution >= 4 is 16.8 Å². The SMILES string of the molecule is CCn1c(C(=O)N(CCO)Cc2ccccc2)c(C)c2ccccc21. The van der Waals surface area contributed by atoms with Crippen molar-refractivity contribution in [2.45, 2.75) is 26.9 Å². The van der Waals surface area contributed by atoms with E-state index in [9.17, 15) is 9.90 Å². The van der Waals surface area contributed by atoms with Gasteiger partial charge < -0.3 is 14.6 Å². The van der Waals surface area contributed by atoms with Crippen LogP contribution in [-0.4, -0.2) is 33.6 Å². The fraction of sp³-hybridized carbons (Fsp3) is 0.286. The van der Waals surface area contributed by atoms with E-state index in [1.54, 1.807) is 4.90 Å². The highest BCUT2D eigenvalue weighted by molar-refractivity contribution is 6.01. The molecule has 4 nitrogen and oxygen atoms in total. The second kappa shape index (κ2) is 7.53. The number of amides is 1. The Bertz CT molecular complexity index is 868. The molecule has 0 aliphatic heterocycles. The Kier molecular flexibility index (Phi) is 5.19. The number of aryl methyl sites for hydroxylation is 2. The van der Waals surface area contributed by atoms with Crippen LogP contribution in [0.1, 0.15) is 28.5 Å². The number of aliphatic hydroxyl groups excluding tert-OH is 1. The van der Waals surface area contributed by atoms with Crippen LogP contribution in [0.2, 0.25) is 0 Å². The van der Waals surface area contributed by atoms with Gasteiger partial charge in [0.15, 0.2) is 0 Å². The zero-order valence-electron chi connectivity index (χ0n) is 14.8. The summed E-state index contributed by atoms with van der Waals surface area (Å²) in [5.74, 6) is -0.0338. The van der Waals surface area contributed by atoms with Gasteiger partial charge in [0.25, 0.3) is 5.91 Å². The van der Waals surface area contributed by atoms with Gasteiger partial charge in [-0.1, -0.05) is 48.5 Å². The van der Waals surface area contributed by atoms with E-state index in [1.165, 1.54) is 0 Å². The Labute approximate surface area is 148 Å². The number of benzene rings is 2. The van der Waals surface area contributed by atoms with Crippen molar-refractivity contribution in [2.75, 3.05) is 13.2 Å². The molecule has 0 fully saturated rings. The number of nitrogens with zero attached hydrogens (tertiary/aromatic N) is 2. The molecule has 0 saturated heterocycles. The molecule has 0 bridgehead atoms. The molecule has 25 heavy (non-hydrogen) atoms. The molecule has 1 N–H and O–H groups in total. The van der Waals surface area contributed by atoms with Gasteiger partial charge >= 0.3 is 0 Å². The average Bonchev–Trinajstić information content (AvgIpc) is 2.94. The van der Waals surface area contributed by atoms with E-state index in [1.807, 2.05) is 49.4 Å². The number of aliphatic hydroxyl groups is 1. The molecule has 0 spiro atoms. The normalized spacial score (nSPS) is 11.0. The van der Waals surface area contributed by atoms with Crippen LogP contribution in [0.3, 0.4) is 0 Å². The summed E-state index contributed by atoms with van der Waals surface area (Å²) < 4.78 is 2.07. The van der Waals surface area contributed by atoms with Crippen molar-refractivity contribution in [3.05, 3.63) is 71.4 Å². The largest absolute Gasteiger partial charge is 0.395 e. The second-order valence-electron chi connectivity index (χ2n) is 6.17. The maximum atomic E-state index is 13.3. The smallest absolute Gasteiger partial charge is 0.271 e. The van der Waals surface area contributed by atoms with Crippen LogP contribution in [0.5, 0.6) is 0 Å². The number of fused-ring (bicyclic) bond motifs is 1. The van der Waals surface area contributed by atoms with E-state index < -0.39 is 0 Å². The third-order valence-electron chi connectivity index (χ3n) is 4.62. The Balaban J connectivity index is 2.02. The van der Waals surface area contributed by atoms with Crippen molar-refractivity contribution in [1.82, 2.24) is 9.47 Å². The number of aromatic nitrogens is 1. The highest BCUT2D eigenvalue weighted by Crippen LogP contribution is 2.27. The highest BCUT2D eigenvalue weighted by atomic mass is 16.3. The summed E-state index contributed by atoms with van der Waals surface area (Å²) >= 11 is 0. The molecule has 1 amide bonds. The van der Waals surface area contributed by atoms with E-state index in [0.29, 0.717) is 18.8 Å². The summed E-state index contributed by atoms with van der Waals surface area (Å²) in [7, 11) is 0. The van der Waals surface area contributed by atoms with Crippen molar-refractivity contribution in [3.8, 4) is 0 Å². The van der Waals surface area contributed by atoms with Gasteiger partial charge in [-0.15, -0.1) is 0 Å². The van der Waals surface area contributed by atoms with E-state index in [2.05, 4.69) is 23.6 Å². The lowest BCUT2D eigenvalue weighted by Gasteiger charge is -2.23. The topological polar surface area (TPSA) is 45.5 Å². The molecule has 4 heteroatoms. The molecule has 130 valence electrons. The zero-order chi connectivity index (χ0) is 17.8. The van der Waals surface area contributed by atoms with Crippen LogP contribution in [0, 0.1) is 6.92 Å². The van der Waals surface area contributed by atoms with Crippen molar-refractivity contribution < 1.29 is 9.90 Å². The third-order valence-corrected chi connectivity index (χ3v) is 4.62. The lowest BCUT2D eigenvalue weighted by molar-refractivity contribution is 0.0697. The molecule has 0 aliphatic carbocycles. The molecule has 0 saturated carbocycles. The predicted octanol–water partition coefficient (Wildman–Crippen LogP) is 3.60. The summed E-state index contributed by atoms with van der Waals surface area (Å²) in [5, 5.41) is 10.6. The summed E-state index contributed by atoms with van der Waals surface area (Å²) in [6.07, 6.45) is 0. The van der Waals surface area contributed by atoms with Crippen LogP contribution in [0.25, 0.3) is 10.9 Å². The van der Waals surface area contributed by atoms with Crippen molar-refractivity contribution in [2.24, 2.45) is 0 Å². The summed E-state index contributed by atoms with van der Waals surface area (Å²) in [6.45, 7) is 5.54. The first-order chi connectivity index (χ1) is 12.2. The van der Waals surface area contributed by atoms with E-state index in [0.717, 1.165) is 28.6 Å². The molecule has 0 unspecified atom stereocenters. The first kappa shape index (κ1) is 17.2. The number of para-hydroxylation sites is 1. The van der Waals surface area contributed by atoms with E-state index in [4.69, 9.17) is 0 Å². The minimum atomic E-state index is -0.0516. The molecular weight excluding hydrogens is 312 g/mol. The molecule has 1 aromatic heterocycles. The van der Waals surface area contributed by atoms with Crippen LogP contribution in [0.4, 0.5) is 0 Å². The Hall–Kier alpha value is -2.59. The number of carbonyl (C=O) groups excluding carboxylic acids is 1. The van der Waals surface area contributed by atoms with Gasteiger partial charge in [0.05, 0.1) is 6.61 Å².